The van der Waals surface area contributed by atoms with Gasteiger partial charge >= 0.3 is 5.97 Å². The summed E-state index contributed by atoms with van der Waals surface area (Å²) in [5.41, 5.74) is 1.20. The van der Waals surface area contributed by atoms with Crippen LogP contribution in [0.5, 0.6) is 0 Å². The molecule has 1 aromatic carbocycles. The summed E-state index contributed by atoms with van der Waals surface area (Å²) in [6, 6.07) is 10.8. The van der Waals surface area contributed by atoms with E-state index >= 15 is 0 Å². The average molecular weight is 247 g/mol. The van der Waals surface area contributed by atoms with Crippen LogP contribution >= 0.6 is 0 Å². The Kier molecular flexibility index (Phi) is 4.37. The summed E-state index contributed by atoms with van der Waals surface area (Å²) in [5, 5.41) is 9.10. The number of hydrogen-bond donors (Lipinski definition) is 1. The highest BCUT2D eigenvalue weighted by Gasteiger charge is 2.28. The van der Waals surface area contributed by atoms with Gasteiger partial charge in [-0.15, -0.1) is 0 Å². The molecule has 1 aliphatic carbocycles. The summed E-state index contributed by atoms with van der Waals surface area (Å²) >= 11 is 0. The second kappa shape index (κ2) is 6.01. The zero-order chi connectivity index (χ0) is 13.0. The van der Waals surface area contributed by atoms with Crippen LogP contribution in [0.25, 0.3) is 0 Å². The lowest BCUT2D eigenvalue weighted by Crippen LogP contribution is -2.39. The summed E-state index contributed by atoms with van der Waals surface area (Å²) in [4.78, 5) is 13.2. The van der Waals surface area contributed by atoms with Crippen molar-refractivity contribution in [1.29, 1.82) is 0 Å². The van der Waals surface area contributed by atoms with Gasteiger partial charge in [0.2, 0.25) is 0 Å². The van der Waals surface area contributed by atoms with E-state index in [4.69, 9.17) is 5.11 Å². The van der Waals surface area contributed by atoms with Crippen LogP contribution in [-0.4, -0.2) is 28.6 Å². The Balaban J connectivity index is 2.14. The first-order valence-corrected chi connectivity index (χ1v) is 6.71. The topological polar surface area (TPSA) is 40.5 Å². The van der Waals surface area contributed by atoms with Gasteiger partial charge in [0.05, 0.1) is 6.54 Å². The predicted molar refractivity (Wildman–Crippen MR) is 71.5 cm³/mol. The number of nitrogens with zero attached hydrogens (tertiary/aromatic N) is 1. The van der Waals surface area contributed by atoms with Crippen molar-refractivity contribution < 1.29 is 9.90 Å². The normalized spacial score (nSPS) is 18.1. The van der Waals surface area contributed by atoms with Crippen LogP contribution in [-0.2, 0) is 4.79 Å². The molecule has 1 saturated carbocycles. The Morgan fingerprint density at radius 1 is 1.33 bits per heavy atom. The lowest BCUT2D eigenvalue weighted by Gasteiger charge is -2.33. The number of benzene rings is 1. The number of aliphatic carboxylic acids is 1. The summed E-state index contributed by atoms with van der Waals surface area (Å²) in [7, 11) is 0. The molecule has 1 N–H and O–H groups in total. The van der Waals surface area contributed by atoms with Gasteiger partial charge in [0, 0.05) is 12.1 Å². The van der Waals surface area contributed by atoms with Gasteiger partial charge in [-0.1, -0.05) is 43.2 Å². The van der Waals surface area contributed by atoms with Crippen LogP contribution in [0.1, 0.15) is 44.2 Å². The summed E-state index contributed by atoms with van der Waals surface area (Å²) in [5.74, 6) is -0.732. The van der Waals surface area contributed by atoms with Crippen LogP contribution in [0.3, 0.4) is 0 Å². The molecule has 0 spiro atoms. The third kappa shape index (κ3) is 3.10. The van der Waals surface area contributed by atoms with E-state index in [1.54, 1.807) is 0 Å². The smallest absolute Gasteiger partial charge is 0.317 e. The quantitative estimate of drug-likeness (QED) is 0.869. The van der Waals surface area contributed by atoms with Gasteiger partial charge in [-0.25, -0.2) is 0 Å². The molecular weight excluding hydrogens is 226 g/mol. The Labute approximate surface area is 108 Å². The van der Waals surface area contributed by atoms with E-state index in [1.165, 1.54) is 18.4 Å². The maximum Gasteiger partial charge on any atom is 0.317 e. The molecule has 3 heteroatoms. The van der Waals surface area contributed by atoms with Crippen molar-refractivity contribution >= 4 is 5.97 Å². The fraction of sp³-hybridized carbons (Fsp3) is 0.533. The number of rotatable bonds is 5. The average Bonchev–Trinajstić information content (AvgIpc) is 2.89. The third-order valence-corrected chi connectivity index (χ3v) is 3.89. The van der Waals surface area contributed by atoms with Gasteiger partial charge in [-0.2, -0.15) is 0 Å². The monoisotopic (exact) mass is 247 g/mol. The summed E-state index contributed by atoms with van der Waals surface area (Å²) in [6.07, 6.45) is 4.71. The first-order valence-electron chi connectivity index (χ1n) is 6.71. The van der Waals surface area contributed by atoms with Gasteiger partial charge in [0.1, 0.15) is 0 Å². The first kappa shape index (κ1) is 13.1. The molecule has 0 aliphatic heterocycles. The molecule has 1 aromatic rings. The molecule has 3 nitrogen and oxygen atoms in total. The molecule has 1 atom stereocenters. The van der Waals surface area contributed by atoms with Crippen LogP contribution in [0.4, 0.5) is 0 Å². The SMILES string of the molecule is CC(c1ccccc1)N(CC(=O)O)C1CCCC1. The number of carboxylic acids is 1. The highest BCUT2D eigenvalue weighted by molar-refractivity contribution is 5.69. The number of carbonyl (C=O) groups is 1. The second-order valence-corrected chi connectivity index (χ2v) is 5.09. The minimum Gasteiger partial charge on any atom is -0.480 e. The molecular formula is C15H21NO2. The second-order valence-electron chi connectivity index (χ2n) is 5.09. The van der Waals surface area contributed by atoms with E-state index in [2.05, 4.69) is 24.0 Å². The molecule has 1 unspecified atom stereocenters. The maximum atomic E-state index is 11.1. The van der Waals surface area contributed by atoms with Crippen molar-refractivity contribution in [2.24, 2.45) is 0 Å². The highest BCUT2D eigenvalue weighted by Crippen LogP contribution is 2.30. The van der Waals surface area contributed by atoms with Gasteiger partial charge in [0.25, 0.3) is 0 Å². The number of hydrogen-bond acceptors (Lipinski definition) is 2. The summed E-state index contributed by atoms with van der Waals surface area (Å²) in [6.45, 7) is 2.25. The lowest BCUT2D eigenvalue weighted by atomic mass is 10.0. The number of carboxylic acid groups (broad SMARTS) is 1. The fourth-order valence-electron chi connectivity index (χ4n) is 2.90. The van der Waals surface area contributed by atoms with E-state index < -0.39 is 5.97 Å². The fourth-order valence-corrected chi connectivity index (χ4v) is 2.90. The zero-order valence-corrected chi connectivity index (χ0v) is 10.9. The lowest BCUT2D eigenvalue weighted by molar-refractivity contribution is -0.139. The molecule has 0 heterocycles. The molecule has 1 aliphatic rings. The van der Waals surface area contributed by atoms with E-state index in [1.807, 2.05) is 18.2 Å². The molecule has 0 saturated heterocycles. The van der Waals surface area contributed by atoms with Crippen LogP contribution < -0.4 is 0 Å². The minimum atomic E-state index is -0.732. The molecule has 0 radical (unpaired) electrons. The highest BCUT2D eigenvalue weighted by atomic mass is 16.4. The van der Waals surface area contributed by atoms with E-state index in [9.17, 15) is 4.79 Å². The van der Waals surface area contributed by atoms with Crippen molar-refractivity contribution in [3.05, 3.63) is 35.9 Å². The van der Waals surface area contributed by atoms with Crippen molar-refractivity contribution in [2.45, 2.75) is 44.7 Å². The first-order chi connectivity index (χ1) is 8.68. The van der Waals surface area contributed by atoms with Crippen molar-refractivity contribution in [3.8, 4) is 0 Å². The van der Waals surface area contributed by atoms with E-state index in [0.717, 1.165) is 12.8 Å². The van der Waals surface area contributed by atoms with Crippen LogP contribution in [0.2, 0.25) is 0 Å². The molecule has 0 bridgehead atoms. The van der Waals surface area contributed by atoms with Crippen LogP contribution in [0.15, 0.2) is 30.3 Å². The zero-order valence-electron chi connectivity index (χ0n) is 10.9. The Morgan fingerprint density at radius 3 is 2.50 bits per heavy atom. The Bertz CT molecular complexity index is 385. The minimum absolute atomic E-state index is 0.140. The van der Waals surface area contributed by atoms with Gasteiger partial charge in [0.15, 0.2) is 0 Å². The molecule has 0 amide bonds. The Morgan fingerprint density at radius 2 is 1.94 bits per heavy atom. The molecule has 18 heavy (non-hydrogen) atoms. The van der Waals surface area contributed by atoms with Crippen LogP contribution in [0, 0.1) is 0 Å². The van der Waals surface area contributed by atoms with Gasteiger partial charge in [-0.05, 0) is 25.3 Å². The van der Waals surface area contributed by atoms with Gasteiger partial charge in [-0.3, -0.25) is 9.69 Å². The van der Waals surface area contributed by atoms with Gasteiger partial charge < -0.3 is 5.11 Å². The van der Waals surface area contributed by atoms with E-state index in [-0.39, 0.29) is 12.6 Å². The Hall–Kier alpha value is -1.35. The summed E-state index contributed by atoms with van der Waals surface area (Å²) < 4.78 is 0. The predicted octanol–water partition coefficient (Wildman–Crippen LogP) is 3.08. The van der Waals surface area contributed by atoms with E-state index in [0.29, 0.717) is 6.04 Å². The molecule has 0 aromatic heterocycles. The maximum absolute atomic E-state index is 11.1. The molecule has 1 fully saturated rings. The van der Waals surface area contributed by atoms with Crippen molar-refractivity contribution in [3.63, 3.8) is 0 Å². The standard InChI is InChI=1S/C15H21NO2/c1-12(13-7-3-2-4-8-13)16(11-15(17)18)14-9-5-6-10-14/h2-4,7-8,12,14H,5-6,9-11H2,1H3,(H,17,18). The van der Waals surface area contributed by atoms with Crippen molar-refractivity contribution in [1.82, 2.24) is 4.90 Å². The molecule has 2 rings (SSSR count). The van der Waals surface area contributed by atoms with Crippen molar-refractivity contribution in [2.75, 3.05) is 6.54 Å². The third-order valence-electron chi connectivity index (χ3n) is 3.89. The largest absolute Gasteiger partial charge is 0.480 e. The molecule has 98 valence electrons.